The average Bonchev–Trinajstić information content (AvgIpc) is 3.48. The van der Waals surface area contributed by atoms with Gasteiger partial charge in [0, 0.05) is 37.1 Å². The van der Waals surface area contributed by atoms with Gasteiger partial charge in [-0.2, -0.15) is 10.2 Å². The van der Waals surface area contributed by atoms with Gasteiger partial charge in [0.2, 0.25) is 5.91 Å². The van der Waals surface area contributed by atoms with Crippen molar-refractivity contribution in [2.24, 2.45) is 0 Å². The van der Waals surface area contributed by atoms with Crippen molar-refractivity contribution in [1.29, 1.82) is 0 Å². The van der Waals surface area contributed by atoms with Gasteiger partial charge in [-0.3, -0.25) is 19.4 Å². The second-order valence-corrected chi connectivity index (χ2v) is 6.83. The second-order valence-electron chi connectivity index (χ2n) is 6.83. The van der Waals surface area contributed by atoms with E-state index in [-0.39, 0.29) is 24.3 Å². The monoisotopic (exact) mass is 382 g/mol. The number of rotatable bonds is 6. The number of aromatic nitrogens is 4. The van der Waals surface area contributed by atoms with Gasteiger partial charge < -0.3 is 14.6 Å². The topological polar surface area (TPSA) is 109 Å². The highest BCUT2D eigenvalue weighted by Crippen LogP contribution is 2.27. The van der Waals surface area contributed by atoms with Crippen molar-refractivity contribution in [3.8, 4) is 0 Å². The van der Waals surface area contributed by atoms with Crippen LogP contribution in [-0.4, -0.2) is 49.8 Å². The Labute approximate surface area is 161 Å². The smallest absolute Gasteiger partial charge is 0.272 e. The molecule has 1 aliphatic heterocycles. The van der Waals surface area contributed by atoms with Crippen molar-refractivity contribution in [3.05, 3.63) is 60.1 Å². The fourth-order valence-corrected chi connectivity index (χ4v) is 3.41. The summed E-state index contributed by atoms with van der Waals surface area (Å²) in [6.45, 7) is 1.96. The summed E-state index contributed by atoms with van der Waals surface area (Å²) < 4.78 is 6.84. The van der Waals surface area contributed by atoms with E-state index in [0.29, 0.717) is 31.1 Å². The van der Waals surface area contributed by atoms with E-state index in [2.05, 4.69) is 20.6 Å². The molecule has 0 spiro atoms. The molecule has 9 heteroatoms. The number of H-pyrrole nitrogens is 1. The largest absolute Gasteiger partial charge is 0.467 e. The van der Waals surface area contributed by atoms with E-state index in [0.717, 1.165) is 18.5 Å². The zero-order valence-electron chi connectivity index (χ0n) is 15.4. The van der Waals surface area contributed by atoms with Crippen LogP contribution in [0.15, 0.2) is 47.3 Å². The number of hydrogen-bond acceptors (Lipinski definition) is 5. The minimum atomic E-state index is -0.245. The Balaban J connectivity index is 1.28. The Hall–Kier alpha value is -3.36. The molecule has 0 unspecified atom stereocenters. The minimum absolute atomic E-state index is 0.0738. The Morgan fingerprint density at radius 3 is 2.86 bits per heavy atom. The maximum Gasteiger partial charge on any atom is 0.272 e. The number of aromatic amines is 1. The molecule has 4 rings (SSSR count). The van der Waals surface area contributed by atoms with Gasteiger partial charge in [0.15, 0.2) is 0 Å². The van der Waals surface area contributed by atoms with Crippen molar-refractivity contribution >= 4 is 11.8 Å². The Morgan fingerprint density at radius 2 is 2.14 bits per heavy atom. The molecule has 1 aliphatic rings. The molecule has 146 valence electrons. The van der Waals surface area contributed by atoms with E-state index in [1.165, 1.54) is 0 Å². The van der Waals surface area contributed by atoms with Crippen LogP contribution in [0.5, 0.6) is 0 Å². The quantitative estimate of drug-likeness (QED) is 0.672. The fourth-order valence-electron chi connectivity index (χ4n) is 3.41. The third-order valence-electron chi connectivity index (χ3n) is 4.98. The molecule has 0 atom stereocenters. The number of hydrogen-bond donors (Lipinski definition) is 2. The number of carbonyl (C=O) groups is 2. The van der Waals surface area contributed by atoms with Crippen molar-refractivity contribution in [2.45, 2.75) is 31.8 Å². The van der Waals surface area contributed by atoms with Gasteiger partial charge in [0.25, 0.3) is 5.91 Å². The summed E-state index contributed by atoms with van der Waals surface area (Å²) in [6.07, 6.45) is 6.69. The molecular formula is C19H22N6O3. The first-order valence-corrected chi connectivity index (χ1v) is 9.30. The zero-order chi connectivity index (χ0) is 19.3. The Kier molecular flexibility index (Phi) is 5.22. The van der Waals surface area contributed by atoms with Gasteiger partial charge in [0.05, 0.1) is 12.8 Å². The van der Waals surface area contributed by atoms with E-state index in [9.17, 15) is 9.59 Å². The van der Waals surface area contributed by atoms with E-state index in [1.807, 2.05) is 4.90 Å². The third kappa shape index (κ3) is 4.13. The SMILES string of the molecule is O=C(NCc1ccco1)c1cc(C2CCN(C(=O)Cn3cccn3)CC2)[nH]n1. The summed E-state index contributed by atoms with van der Waals surface area (Å²) >= 11 is 0. The Bertz CT molecular complexity index is 908. The van der Waals surface area contributed by atoms with Gasteiger partial charge in [-0.1, -0.05) is 0 Å². The van der Waals surface area contributed by atoms with E-state index in [4.69, 9.17) is 4.42 Å². The highest BCUT2D eigenvalue weighted by Gasteiger charge is 2.25. The number of likely N-dealkylation sites (tertiary alicyclic amines) is 1. The normalized spacial score (nSPS) is 14.9. The summed E-state index contributed by atoms with van der Waals surface area (Å²) in [4.78, 5) is 26.5. The number of nitrogens with one attached hydrogen (secondary N) is 2. The van der Waals surface area contributed by atoms with Crippen molar-refractivity contribution < 1.29 is 14.0 Å². The van der Waals surface area contributed by atoms with Crippen molar-refractivity contribution in [1.82, 2.24) is 30.2 Å². The predicted molar refractivity (Wildman–Crippen MR) is 99.2 cm³/mol. The number of piperidine rings is 1. The summed E-state index contributed by atoms with van der Waals surface area (Å²) in [5.74, 6) is 0.777. The summed E-state index contributed by atoms with van der Waals surface area (Å²) in [6, 6.07) is 7.18. The molecule has 9 nitrogen and oxygen atoms in total. The molecule has 2 amide bonds. The third-order valence-corrected chi connectivity index (χ3v) is 4.98. The number of amides is 2. The minimum Gasteiger partial charge on any atom is -0.467 e. The molecule has 3 aromatic rings. The van der Waals surface area contributed by atoms with Gasteiger partial charge in [-0.05, 0) is 37.1 Å². The lowest BCUT2D eigenvalue weighted by Gasteiger charge is -2.31. The molecular weight excluding hydrogens is 360 g/mol. The highest BCUT2D eigenvalue weighted by atomic mass is 16.3. The first-order chi connectivity index (χ1) is 13.7. The Morgan fingerprint density at radius 1 is 1.29 bits per heavy atom. The predicted octanol–water partition coefficient (Wildman–Crippen LogP) is 1.54. The zero-order valence-corrected chi connectivity index (χ0v) is 15.4. The summed E-state index contributed by atoms with van der Waals surface area (Å²) in [5, 5.41) is 14.0. The lowest BCUT2D eigenvalue weighted by Crippen LogP contribution is -2.39. The average molecular weight is 382 g/mol. The van der Waals surface area contributed by atoms with Gasteiger partial charge in [-0.25, -0.2) is 0 Å². The van der Waals surface area contributed by atoms with Crippen LogP contribution >= 0.6 is 0 Å². The van der Waals surface area contributed by atoms with Crippen molar-refractivity contribution in [3.63, 3.8) is 0 Å². The van der Waals surface area contributed by atoms with Crippen LogP contribution in [-0.2, 0) is 17.9 Å². The van der Waals surface area contributed by atoms with Gasteiger partial charge in [-0.15, -0.1) is 0 Å². The van der Waals surface area contributed by atoms with Crippen LogP contribution in [0.3, 0.4) is 0 Å². The molecule has 2 N–H and O–H groups in total. The standard InChI is InChI=1S/C19H22N6O3/c26-18(13-25-7-2-6-21-25)24-8-4-14(5-9-24)16-11-17(23-22-16)19(27)20-12-15-3-1-10-28-15/h1-3,6-7,10-11,14H,4-5,8-9,12-13H2,(H,20,27)(H,22,23). The van der Waals surface area contributed by atoms with E-state index >= 15 is 0 Å². The van der Waals surface area contributed by atoms with Crippen LogP contribution in [0.4, 0.5) is 0 Å². The van der Waals surface area contributed by atoms with Gasteiger partial charge >= 0.3 is 0 Å². The van der Waals surface area contributed by atoms with E-state index in [1.54, 1.807) is 47.6 Å². The highest BCUT2D eigenvalue weighted by molar-refractivity contribution is 5.92. The van der Waals surface area contributed by atoms with E-state index < -0.39 is 0 Å². The molecule has 4 heterocycles. The molecule has 0 radical (unpaired) electrons. The number of nitrogens with zero attached hydrogens (tertiary/aromatic N) is 4. The van der Waals surface area contributed by atoms with Crippen LogP contribution in [0.2, 0.25) is 0 Å². The molecule has 0 bridgehead atoms. The molecule has 0 aromatic carbocycles. The van der Waals surface area contributed by atoms with Crippen LogP contribution in [0.25, 0.3) is 0 Å². The first-order valence-electron chi connectivity index (χ1n) is 9.30. The summed E-state index contributed by atoms with van der Waals surface area (Å²) in [7, 11) is 0. The van der Waals surface area contributed by atoms with Gasteiger partial charge in [0.1, 0.15) is 18.0 Å². The molecule has 3 aromatic heterocycles. The molecule has 0 aliphatic carbocycles. The molecule has 0 saturated carbocycles. The van der Waals surface area contributed by atoms with Crippen molar-refractivity contribution in [2.75, 3.05) is 13.1 Å². The number of carbonyl (C=O) groups excluding carboxylic acids is 2. The fraction of sp³-hybridized carbons (Fsp3) is 0.368. The molecule has 1 saturated heterocycles. The van der Waals surface area contributed by atoms with Crippen LogP contribution < -0.4 is 5.32 Å². The maximum atomic E-state index is 12.4. The number of furan rings is 1. The summed E-state index contributed by atoms with van der Waals surface area (Å²) in [5.41, 5.74) is 1.29. The second kappa shape index (κ2) is 8.12. The molecule has 1 fully saturated rings. The maximum absolute atomic E-state index is 12.4. The van der Waals surface area contributed by atoms with Crippen LogP contribution in [0, 0.1) is 0 Å². The lowest BCUT2D eigenvalue weighted by molar-refractivity contribution is -0.133. The lowest BCUT2D eigenvalue weighted by atomic mass is 9.93. The molecule has 28 heavy (non-hydrogen) atoms. The van der Waals surface area contributed by atoms with Crippen LogP contribution in [0.1, 0.15) is 40.7 Å². The first kappa shape index (κ1) is 18.0.